The molecule has 177 valence electrons. The van der Waals surface area contributed by atoms with Crippen LogP contribution >= 0.6 is 0 Å². The van der Waals surface area contributed by atoms with Crippen molar-refractivity contribution in [3.63, 3.8) is 0 Å². The molecule has 3 aromatic carbocycles. The van der Waals surface area contributed by atoms with Crippen molar-refractivity contribution in [3.05, 3.63) is 94.1 Å². The molecule has 0 atom stereocenters. The maximum atomic E-state index is 14.2. The fraction of sp³-hybridized carbons (Fsp3) is 0.143. The summed E-state index contributed by atoms with van der Waals surface area (Å²) in [6, 6.07) is 17.9. The second-order valence-electron chi connectivity index (χ2n) is 8.63. The van der Waals surface area contributed by atoms with E-state index in [1.54, 1.807) is 18.2 Å². The van der Waals surface area contributed by atoms with Crippen LogP contribution in [0, 0.1) is 0 Å². The minimum absolute atomic E-state index is 0.0876. The van der Waals surface area contributed by atoms with Crippen LogP contribution in [0.2, 0.25) is 0 Å². The van der Waals surface area contributed by atoms with E-state index in [2.05, 4.69) is 0 Å². The summed E-state index contributed by atoms with van der Waals surface area (Å²) in [6.07, 6.45) is 1.23. The third kappa shape index (κ3) is 4.22. The molecule has 2 heterocycles. The number of ketones is 1. The Bertz CT molecular complexity index is 1470. The summed E-state index contributed by atoms with van der Waals surface area (Å²) in [4.78, 5) is 51.2. The number of carbonyl (C=O) groups excluding carboxylic acids is 4. The Morgan fingerprint density at radius 1 is 0.917 bits per heavy atom. The SMILES string of the molecule is CC(=O)Oc1ccc(OC(C)=O)c2c1[B]C1=C(C2=O)N(c2cccc(C=O)c2)Cc2ccccc2C1. The highest BCUT2D eigenvalue weighted by molar-refractivity contribution is 6.67. The van der Waals surface area contributed by atoms with E-state index in [1.807, 2.05) is 42.5 Å². The van der Waals surface area contributed by atoms with Crippen LogP contribution in [0.3, 0.4) is 0 Å². The number of rotatable bonds is 4. The van der Waals surface area contributed by atoms with Gasteiger partial charge in [-0.05, 0) is 47.3 Å². The number of allylic oxidation sites excluding steroid dienone is 2. The highest BCUT2D eigenvalue weighted by Crippen LogP contribution is 2.37. The fourth-order valence-corrected chi connectivity index (χ4v) is 4.70. The van der Waals surface area contributed by atoms with E-state index in [0.717, 1.165) is 22.9 Å². The van der Waals surface area contributed by atoms with Crippen LogP contribution in [0.5, 0.6) is 11.5 Å². The zero-order valence-electron chi connectivity index (χ0n) is 19.7. The predicted octanol–water partition coefficient (Wildman–Crippen LogP) is 3.35. The van der Waals surface area contributed by atoms with Crippen molar-refractivity contribution in [2.24, 2.45) is 0 Å². The van der Waals surface area contributed by atoms with E-state index in [-0.39, 0.29) is 22.8 Å². The van der Waals surface area contributed by atoms with E-state index in [9.17, 15) is 19.2 Å². The molecule has 5 rings (SSSR count). The molecule has 0 N–H and O–H groups in total. The molecule has 1 radical (unpaired) electrons. The van der Waals surface area contributed by atoms with Crippen molar-refractivity contribution in [1.82, 2.24) is 0 Å². The van der Waals surface area contributed by atoms with Gasteiger partial charge in [0.1, 0.15) is 17.8 Å². The average molecular weight is 478 g/mol. The van der Waals surface area contributed by atoms with Gasteiger partial charge in [-0.1, -0.05) is 41.9 Å². The first-order valence-electron chi connectivity index (χ1n) is 11.4. The van der Waals surface area contributed by atoms with Gasteiger partial charge in [0.15, 0.2) is 7.28 Å². The van der Waals surface area contributed by atoms with Crippen LogP contribution in [0.4, 0.5) is 5.69 Å². The molecule has 0 aliphatic carbocycles. The van der Waals surface area contributed by atoms with Gasteiger partial charge < -0.3 is 14.4 Å². The molecular weight excluding hydrogens is 457 g/mol. The smallest absolute Gasteiger partial charge is 0.308 e. The Balaban J connectivity index is 1.73. The molecule has 0 aromatic heterocycles. The van der Waals surface area contributed by atoms with Crippen LogP contribution in [-0.2, 0) is 22.6 Å². The number of carbonyl (C=O) groups is 4. The van der Waals surface area contributed by atoms with Crippen molar-refractivity contribution in [3.8, 4) is 11.5 Å². The Labute approximate surface area is 208 Å². The highest BCUT2D eigenvalue weighted by atomic mass is 16.5. The van der Waals surface area contributed by atoms with Gasteiger partial charge in [-0.2, -0.15) is 0 Å². The summed E-state index contributed by atoms with van der Waals surface area (Å²) in [7, 11) is 1.82. The molecule has 0 amide bonds. The van der Waals surface area contributed by atoms with Crippen molar-refractivity contribution in [2.75, 3.05) is 4.90 Å². The van der Waals surface area contributed by atoms with Gasteiger partial charge in [0.2, 0.25) is 5.78 Å². The zero-order valence-corrected chi connectivity index (χ0v) is 19.7. The first-order valence-corrected chi connectivity index (χ1v) is 11.4. The summed E-state index contributed by atoms with van der Waals surface area (Å²) in [5.41, 5.74) is 4.92. The van der Waals surface area contributed by atoms with E-state index in [1.165, 1.54) is 26.0 Å². The number of benzene rings is 3. The van der Waals surface area contributed by atoms with Crippen LogP contribution in [0.1, 0.15) is 45.7 Å². The lowest BCUT2D eigenvalue weighted by Gasteiger charge is -2.31. The van der Waals surface area contributed by atoms with E-state index >= 15 is 0 Å². The molecular formula is C28H21BNO6. The Hall–Kier alpha value is -4.46. The minimum Gasteiger partial charge on any atom is -0.427 e. The van der Waals surface area contributed by atoms with Crippen molar-refractivity contribution < 1.29 is 28.7 Å². The second kappa shape index (κ2) is 9.30. The van der Waals surface area contributed by atoms with E-state index in [4.69, 9.17) is 9.47 Å². The average Bonchev–Trinajstić information content (AvgIpc) is 3.02. The van der Waals surface area contributed by atoms with Gasteiger partial charge in [0, 0.05) is 31.6 Å². The number of anilines is 1. The number of nitrogens with zero attached hydrogens (tertiary/aromatic N) is 1. The predicted molar refractivity (Wildman–Crippen MR) is 134 cm³/mol. The lowest BCUT2D eigenvalue weighted by molar-refractivity contribution is -0.133. The van der Waals surface area contributed by atoms with Gasteiger partial charge in [-0.15, -0.1) is 0 Å². The first kappa shape index (κ1) is 23.3. The van der Waals surface area contributed by atoms with Crippen LogP contribution in [0.15, 0.2) is 71.8 Å². The van der Waals surface area contributed by atoms with Crippen molar-refractivity contribution in [1.29, 1.82) is 0 Å². The van der Waals surface area contributed by atoms with E-state index in [0.29, 0.717) is 35.4 Å². The largest absolute Gasteiger partial charge is 0.427 e. The van der Waals surface area contributed by atoms with E-state index < -0.39 is 11.9 Å². The lowest BCUT2D eigenvalue weighted by atomic mass is 9.55. The van der Waals surface area contributed by atoms with Crippen molar-refractivity contribution in [2.45, 2.75) is 26.8 Å². The number of hydrogen-bond donors (Lipinski definition) is 0. The molecule has 8 heteroatoms. The Morgan fingerprint density at radius 2 is 1.61 bits per heavy atom. The maximum Gasteiger partial charge on any atom is 0.308 e. The van der Waals surface area contributed by atoms with Crippen LogP contribution < -0.4 is 19.8 Å². The number of Topliss-reactive ketones (excluding diaryl/α,β-unsaturated/α-hetero) is 1. The topological polar surface area (TPSA) is 90.0 Å². The van der Waals surface area contributed by atoms with Gasteiger partial charge in [0.05, 0.1) is 11.3 Å². The first-order chi connectivity index (χ1) is 17.4. The number of fused-ring (bicyclic) bond motifs is 2. The van der Waals surface area contributed by atoms with Crippen LogP contribution in [-0.4, -0.2) is 31.3 Å². The third-order valence-electron chi connectivity index (χ3n) is 6.16. The molecule has 0 unspecified atom stereocenters. The van der Waals surface area contributed by atoms with Gasteiger partial charge in [0.25, 0.3) is 0 Å². The molecule has 0 fully saturated rings. The van der Waals surface area contributed by atoms with Gasteiger partial charge in [-0.25, -0.2) is 0 Å². The summed E-state index contributed by atoms with van der Waals surface area (Å²) >= 11 is 0. The highest BCUT2D eigenvalue weighted by Gasteiger charge is 2.37. The molecule has 36 heavy (non-hydrogen) atoms. The van der Waals surface area contributed by atoms with Gasteiger partial charge >= 0.3 is 11.9 Å². The molecule has 3 aromatic rings. The normalized spacial score (nSPS) is 14.1. The minimum atomic E-state index is -0.575. The Morgan fingerprint density at radius 3 is 2.33 bits per heavy atom. The number of esters is 2. The van der Waals surface area contributed by atoms with Crippen molar-refractivity contribution >= 4 is 42.4 Å². The molecule has 0 bridgehead atoms. The second-order valence-corrected chi connectivity index (χ2v) is 8.63. The maximum absolute atomic E-state index is 14.2. The molecule has 0 spiro atoms. The number of ether oxygens (including phenoxy) is 2. The third-order valence-corrected chi connectivity index (χ3v) is 6.16. The summed E-state index contributed by atoms with van der Waals surface area (Å²) < 4.78 is 10.8. The number of aldehydes is 1. The summed E-state index contributed by atoms with van der Waals surface area (Å²) in [5, 5.41) is 0. The van der Waals surface area contributed by atoms with Crippen LogP contribution in [0.25, 0.3) is 0 Å². The molecule has 0 saturated carbocycles. The standard InChI is InChI=1S/C28H21BNO6/c1-16(32)35-23-10-11-24(36-17(2)33)26-25(23)28(34)27-22(29-26)13-19-7-3-4-8-20(19)14-30(27)21-9-5-6-18(12-21)15-31/h3-12,15H,13-14H2,1-2H3. The summed E-state index contributed by atoms with van der Waals surface area (Å²) in [6.45, 7) is 2.94. The molecule has 7 nitrogen and oxygen atoms in total. The summed E-state index contributed by atoms with van der Waals surface area (Å²) in [5.74, 6) is -1.17. The molecule has 2 aliphatic rings. The number of hydrogen-bond acceptors (Lipinski definition) is 7. The molecule has 0 saturated heterocycles. The quantitative estimate of drug-likeness (QED) is 0.246. The van der Waals surface area contributed by atoms with Gasteiger partial charge in [-0.3, -0.25) is 19.2 Å². The Kier molecular flexibility index (Phi) is 6.02. The monoisotopic (exact) mass is 478 g/mol. The fourth-order valence-electron chi connectivity index (χ4n) is 4.70. The molecule has 2 aliphatic heterocycles. The zero-order chi connectivity index (χ0) is 25.4. The lowest BCUT2D eigenvalue weighted by Crippen LogP contribution is -2.40.